The third-order valence-electron chi connectivity index (χ3n) is 5.03. The third-order valence-corrected chi connectivity index (χ3v) is 5.03. The molecule has 0 spiro atoms. The standard InChI is InChI=1S/C19H28N6O/c1-19(2,3)16-6-7-17(22-21-16)25-10-8-15(9-11-25)24(5)18(26)14-12-20-23(4)13-14/h6-7,12-13,15H,8-11H2,1-5H3. The molecule has 3 heterocycles. The van der Waals surface area contributed by atoms with E-state index in [4.69, 9.17) is 0 Å². The number of aromatic nitrogens is 4. The van der Waals surface area contributed by atoms with Gasteiger partial charge < -0.3 is 9.80 Å². The highest BCUT2D eigenvalue weighted by Crippen LogP contribution is 2.24. The Morgan fingerprint density at radius 1 is 1.19 bits per heavy atom. The lowest BCUT2D eigenvalue weighted by Gasteiger charge is -2.37. The van der Waals surface area contributed by atoms with Gasteiger partial charge in [0.25, 0.3) is 5.91 Å². The van der Waals surface area contributed by atoms with Crippen molar-refractivity contribution in [3.05, 3.63) is 35.8 Å². The maximum absolute atomic E-state index is 12.6. The molecule has 0 radical (unpaired) electrons. The SMILES string of the molecule is CN(C(=O)c1cnn(C)c1)C1CCN(c2ccc(C(C)(C)C)nn2)CC1. The van der Waals surface area contributed by atoms with Crippen LogP contribution in [0.2, 0.25) is 0 Å². The summed E-state index contributed by atoms with van der Waals surface area (Å²) in [6, 6.07) is 4.35. The number of rotatable bonds is 3. The van der Waals surface area contributed by atoms with Crippen LogP contribution in [0.25, 0.3) is 0 Å². The van der Waals surface area contributed by atoms with Gasteiger partial charge in [0.05, 0.1) is 17.5 Å². The van der Waals surface area contributed by atoms with Crippen LogP contribution >= 0.6 is 0 Å². The van der Waals surface area contributed by atoms with E-state index in [1.165, 1.54) is 0 Å². The molecule has 2 aromatic rings. The van der Waals surface area contributed by atoms with Crippen molar-refractivity contribution in [2.75, 3.05) is 25.0 Å². The molecule has 0 aliphatic carbocycles. The van der Waals surface area contributed by atoms with Crippen LogP contribution in [-0.2, 0) is 12.5 Å². The average Bonchev–Trinajstić information content (AvgIpc) is 3.06. The average molecular weight is 356 g/mol. The van der Waals surface area contributed by atoms with Gasteiger partial charge in [-0.2, -0.15) is 10.2 Å². The predicted octanol–water partition coefficient (Wildman–Crippen LogP) is 2.25. The number of aryl methyl sites for hydroxylation is 1. The first kappa shape index (κ1) is 18.4. The topological polar surface area (TPSA) is 67.2 Å². The molecular weight excluding hydrogens is 328 g/mol. The first-order chi connectivity index (χ1) is 12.3. The van der Waals surface area contributed by atoms with Crippen LogP contribution in [0.1, 0.15) is 49.7 Å². The minimum Gasteiger partial charge on any atom is -0.355 e. The van der Waals surface area contributed by atoms with Crippen molar-refractivity contribution in [1.29, 1.82) is 0 Å². The van der Waals surface area contributed by atoms with Crippen molar-refractivity contribution >= 4 is 11.7 Å². The van der Waals surface area contributed by atoms with E-state index in [9.17, 15) is 4.79 Å². The monoisotopic (exact) mass is 356 g/mol. The summed E-state index contributed by atoms with van der Waals surface area (Å²) in [6.07, 6.45) is 5.23. The summed E-state index contributed by atoms with van der Waals surface area (Å²) in [5, 5.41) is 12.9. The molecule has 0 atom stereocenters. The number of carbonyl (C=O) groups excluding carboxylic acids is 1. The van der Waals surface area contributed by atoms with Crippen molar-refractivity contribution in [2.45, 2.75) is 45.1 Å². The lowest BCUT2D eigenvalue weighted by atomic mass is 9.92. The summed E-state index contributed by atoms with van der Waals surface area (Å²) in [5.74, 6) is 0.948. The number of carbonyl (C=O) groups is 1. The second-order valence-electron chi connectivity index (χ2n) is 8.06. The molecule has 140 valence electrons. The number of hydrogen-bond acceptors (Lipinski definition) is 5. The van der Waals surface area contributed by atoms with Gasteiger partial charge in [-0.3, -0.25) is 9.48 Å². The van der Waals surface area contributed by atoms with E-state index in [0.29, 0.717) is 5.56 Å². The Morgan fingerprint density at radius 2 is 1.88 bits per heavy atom. The highest BCUT2D eigenvalue weighted by molar-refractivity contribution is 5.93. The molecule has 3 rings (SSSR count). The minimum atomic E-state index is 0.00783. The summed E-state index contributed by atoms with van der Waals surface area (Å²) in [6.45, 7) is 8.16. The highest BCUT2D eigenvalue weighted by atomic mass is 16.2. The lowest BCUT2D eigenvalue weighted by molar-refractivity contribution is 0.0709. The van der Waals surface area contributed by atoms with E-state index in [1.54, 1.807) is 17.1 Å². The molecular formula is C19H28N6O. The van der Waals surface area contributed by atoms with Gasteiger partial charge in [0.2, 0.25) is 0 Å². The van der Waals surface area contributed by atoms with E-state index in [-0.39, 0.29) is 17.4 Å². The van der Waals surface area contributed by atoms with Gasteiger partial charge in [-0.1, -0.05) is 20.8 Å². The summed E-state index contributed by atoms with van der Waals surface area (Å²) in [7, 11) is 3.70. The van der Waals surface area contributed by atoms with Crippen LogP contribution in [0.15, 0.2) is 24.5 Å². The fraction of sp³-hybridized carbons (Fsp3) is 0.579. The van der Waals surface area contributed by atoms with Gasteiger partial charge in [-0.15, -0.1) is 5.10 Å². The molecule has 26 heavy (non-hydrogen) atoms. The Kier molecular flexibility index (Phi) is 4.98. The van der Waals surface area contributed by atoms with E-state index in [0.717, 1.165) is 37.4 Å². The van der Waals surface area contributed by atoms with E-state index in [1.807, 2.05) is 19.0 Å². The molecule has 1 fully saturated rings. The van der Waals surface area contributed by atoms with Gasteiger partial charge in [-0.05, 0) is 25.0 Å². The summed E-state index contributed by atoms with van der Waals surface area (Å²) < 4.78 is 1.66. The first-order valence-electron chi connectivity index (χ1n) is 9.10. The van der Waals surface area contributed by atoms with E-state index >= 15 is 0 Å². The normalized spacial score (nSPS) is 16.0. The largest absolute Gasteiger partial charge is 0.355 e. The lowest BCUT2D eigenvalue weighted by Crippen LogP contribution is -2.45. The van der Waals surface area contributed by atoms with Crippen LogP contribution in [0.3, 0.4) is 0 Å². The third kappa shape index (κ3) is 3.86. The molecule has 0 saturated carbocycles. The van der Waals surface area contributed by atoms with E-state index in [2.05, 4.69) is 53.1 Å². The molecule has 0 N–H and O–H groups in total. The Bertz CT molecular complexity index is 753. The predicted molar refractivity (Wildman–Crippen MR) is 101 cm³/mol. The van der Waals surface area contributed by atoms with Crippen LogP contribution in [0, 0.1) is 0 Å². The summed E-state index contributed by atoms with van der Waals surface area (Å²) in [4.78, 5) is 16.7. The second kappa shape index (κ2) is 7.05. The van der Waals surface area contributed by atoms with Crippen LogP contribution < -0.4 is 4.90 Å². The molecule has 7 heteroatoms. The molecule has 1 saturated heterocycles. The number of piperidine rings is 1. The number of anilines is 1. The molecule has 0 bridgehead atoms. The fourth-order valence-electron chi connectivity index (χ4n) is 3.28. The van der Waals surface area contributed by atoms with Crippen LogP contribution in [-0.4, -0.2) is 57.0 Å². The molecule has 0 aromatic carbocycles. The maximum Gasteiger partial charge on any atom is 0.257 e. The Labute approximate surface area is 155 Å². The quantitative estimate of drug-likeness (QED) is 0.844. The van der Waals surface area contributed by atoms with Crippen LogP contribution in [0.5, 0.6) is 0 Å². The molecule has 7 nitrogen and oxygen atoms in total. The van der Waals surface area contributed by atoms with Crippen LogP contribution in [0.4, 0.5) is 5.82 Å². The van der Waals surface area contributed by atoms with Gasteiger partial charge in [0.15, 0.2) is 5.82 Å². The number of amides is 1. The van der Waals surface area contributed by atoms with Crippen molar-refractivity contribution in [3.8, 4) is 0 Å². The Morgan fingerprint density at radius 3 is 2.38 bits per heavy atom. The molecule has 2 aromatic heterocycles. The van der Waals surface area contributed by atoms with Crippen molar-refractivity contribution in [3.63, 3.8) is 0 Å². The summed E-state index contributed by atoms with van der Waals surface area (Å²) >= 11 is 0. The maximum atomic E-state index is 12.6. The number of hydrogen-bond donors (Lipinski definition) is 0. The first-order valence-corrected chi connectivity index (χ1v) is 9.10. The second-order valence-corrected chi connectivity index (χ2v) is 8.06. The smallest absolute Gasteiger partial charge is 0.257 e. The Hall–Kier alpha value is -2.44. The van der Waals surface area contributed by atoms with Crippen molar-refractivity contribution in [2.24, 2.45) is 7.05 Å². The molecule has 0 unspecified atom stereocenters. The fourth-order valence-corrected chi connectivity index (χ4v) is 3.28. The zero-order valence-electron chi connectivity index (χ0n) is 16.3. The van der Waals surface area contributed by atoms with Gasteiger partial charge >= 0.3 is 0 Å². The van der Waals surface area contributed by atoms with Crippen molar-refractivity contribution < 1.29 is 4.79 Å². The zero-order chi connectivity index (χ0) is 18.9. The van der Waals surface area contributed by atoms with Gasteiger partial charge in [0, 0.05) is 44.8 Å². The van der Waals surface area contributed by atoms with Gasteiger partial charge in [0.1, 0.15) is 0 Å². The highest BCUT2D eigenvalue weighted by Gasteiger charge is 2.27. The molecule has 1 amide bonds. The Balaban J connectivity index is 1.59. The van der Waals surface area contributed by atoms with E-state index < -0.39 is 0 Å². The molecule has 1 aliphatic heterocycles. The van der Waals surface area contributed by atoms with Crippen molar-refractivity contribution in [1.82, 2.24) is 24.9 Å². The number of nitrogens with zero attached hydrogens (tertiary/aromatic N) is 6. The summed E-state index contributed by atoms with van der Waals surface area (Å²) in [5.41, 5.74) is 1.65. The van der Waals surface area contributed by atoms with Gasteiger partial charge in [-0.25, -0.2) is 0 Å². The molecule has 1 aliphatic rings. The minimum absolute atomic E-state index is 0.00783. The zero-order valence-corrected chi connectivity index (χ0v) is 16.3.